The predicted octanol–water partition coefficient (Wildman–Crippen LogP) is 5.88. The van der Waals surface area contributed by atoms with Gasteiger partial charge in [0.25, 0.3) is 0 Å². The van der Waals surface area contributed by atoms with Crippen LogP contribution in [0.25, 0.3) is 22.2 Å². The standard InChI is InChI=1S/C21H13F6N5O/c1-33-19-30-15-9-11(17-14(21(25,26)27)3-2-8-28-17)4-6-13(15)18(32-19)31-16-7-5-12(10-29-16)20(22,23)24/h2-10H,1H3,(H,29,30,31,32). The number of benzene rings is 1. The summed E-state index contributed by atoms with van der Waals surface area (Å²) in [4.78, 5) is 15.9. The Hall–Kier alpha value is -3.96. The second kappa shape index (κ2) is 8.19. The number of alkyl halides is 6. The second-order valence-electron chi connectivity index (χ2n) is 6.74. The monoisotopic (exact) mass is 465 g/mol. The number of hydrogen-bond donors (Lipinski definition) is 1. The van der Waals surface area contributed by atoms with Gasteiger partial charge in [-0.2, -0.15) is 36.3 Å². The smallest absolute Gasteiger partial charge is 0.418 e. The molecular formula is C21H13F6N5O. The van der Waals surface area contributed by atoms with Crippen LogP contribution in [-0.2, 0) is 12.4 Å². The van der Waals surface area contributed by atoms with Crippen LogP contribution in [0, 0.1) is 0 Å². The molecule has 3 heterocycles. The van der Waals surface area contributed by atoms with Crippen LogP contribution in [0.5, 0.6) is 6.01 Å². The van der Waals surface area contributed by atoms with Crippen molar-refractivity contribution in [2.75, 3.05) is 12.4 Å². The first kappa shape index (κ1) is 22.2. The van der Waals surface area contributed by atoms with E-state index in [4.69, 9.17) is 4.74 Å². The van der Waals surface area contributed by atoms with Gasteiger partial charge in [0.05, 0.1) is 29.4 Å². The maximum Gasteiger partial charge on any atom is 0.418 e. The van der Waals surface area contributed by atoms with Crippen LogP contribution < -0.4 is 10.1 Å². The van der Waals surface area contributed by atoms with Crippen molar-refractivity contribution in [3.63, 3.8) is 0 Å². The topological polar surface area (TPSA) is 72.8 Å². The fourth-order valence-corrected chi connectivity index (χ4v) is 3.06. The van der Waals surface area contributed by atoms with Gasteiger partial charge < -0.3 is 10.1 Å². The van der Waals surface area contributed by atoms with Crippen molar-refractivity contribution in [1.82, 2.24) is 19.9 Å². The molecule has 1 aromatic carbocycles. The number of aromatic nitrogens is 4. The summed E-state index contributed by atoms with van der Waals surface area (Å²) < 4.78 is 83.5. The zero-order valence-electron chi connectivity index (χ0n) is 16.7. The van der Waals surface area contributed by atoms with Crippen LogP contribution in [0.2, 0.25) is 0 Å². The first-order valence-corrected chi connectivity index (χ1v) is 9.25. The summed E-state index contributed by atoms with van der Waals surface area (Å²) >= 11 is 0. The molecule has 4 aromatic rings. The van der Waals surface area contributed by atoms with Crippen molar-refractivity contribution in [3.8, 4) is 17.3 Å². The van der Waals surface area contributed by atoms with Gasteiger partial charge >= 0.3 is 18.4 Å². The van der Waals surface area contributed by atoms with Gasteiger partial charge in [-0.05, 0) is 36.4 Å². The molecule has 12 heteroatoms. The summed E-state index contributed by atoms with van der Waals surface area (Å²) in [5.41, 5.74) is -1.71. The van der Waals surface area contributed by atoms with E-state index in [-0.39, 0.29) is 34.4 Å². The number of anilines is 2. The van der Waals surface area contributed by atoms with Crippen LogP contribution in [-0.4, -0.2) is 27.0 Å². The van der Waals surface area contributed by atoms with Crippen molar-refractivity contribution in [2.24, 2.45) is 0 Å². The lowest BCUT2D eigenvalue weighted by atomic mass is 10.0. The Labute approximate surface area is 182 Å². The summed E-state index contributed by atoms with van der Waals surface area (Å²) in [6.07, 6.45) is -7.23. The Balaban J connectivity index is 1.77. The molecule has 0 saturated heterocycles. The first-order chi connectivity index (χ1) is 15.6. The fourth-order valence-electron chi connectivity index (χ4n) is 3.06. The SMILES string of the molecule is COc1nc(Nc2ccc(C(F)(F)F)cn2)c2ccc(-c3ncccc3C(F)(F)F)cc2n1. The van der Waals surface area contributed by atoms with Crippen LogP contribution in [0.1, 0.15) is 11.1 Å². The number of ether oxygens (including phenoxy) is 1. The Bertz CT molecular complexity index is 1310. The molecule has 0 saturated carbocycles. The summed E-state index contributed by atoms with van der Waals surface area (Å²) in [7, 11) is 1.30. The molecule has 4 rings (SSSR count). The number of nitrogens with one attached hydrogen (secondary N) is 1. The van der Waals surface area contributed by atoms with Gasteiger partial charge in [0.15, 0.2) is 0 Å². The lowest BCUT2D eigenvalue weighted by Crippen LogP contribution is -2.08. The Kier molecular flexibility index (Phi) is 5.52. The number of pyridine rings is 2. The number of hydrogen-bond acceptors (Lipinski definition) is 6. The number of nitrogens with zero attached hydrogens (tertiary/aromatic N) is 4. The molecule has 0 aliphatic carbocycles. The number of rotatable bonds is 4. The highest BCUT2D eigenvalue weighted by Gasteiger charge is 2.34. The van der Waals surface area contributed by atoms with Gasteiger partial charge in [-0.1, -0.05) is 6.07 Å². The first-order valence-electron chi connectivity index (χ1n) is 9.25. The lowest BCUT2D eigenvalue weighted by Gasteiger charge is -2.14. The van der Waals surface area contributed by atoms with E-state index in [2.05, 4.69) is 25.3 Å². The second-order valence-corrected chi connectivity index (χ2v) is 6.74. The maximum absolute atomic E-state index is 13.4. The third-order valence-corrected chi connectivity index (χ3v) is 4.58. The zero-order chi connectivity index (χ0) is 23.8. The Morgan fingerprint density at radius 1 is 0.879 bits per heavy atom. The van der Waals surface area contributed by atoms with Gasteiger partial charge in [0.2, 0.25) is 0 Å². The average molecular weight is 465 g/mol. The third kappa shape index (κ3) is 4.64. The van der Waals surface area contributed by atoms with E-state index in [0.29, 0.717) is 11.6 Å². The molecule has 0 aliphatic rings. The lowest BCUT2D eigenvalue weighted by molar-refractivity contribution is -0.138. The number of halogens is 6. The third-order valence-electron chi connectivity index (χ3n) is 4.58. The average Bonchev–Trinajstić information content (AvgIpc) is 2.77. The molecule has 0 unspecified atom stereocenters. The highest BCUT2D eigenvalue weighted by atomic mass is 19.4. The molecule has 33 heavy (non-hydrogen) atoms. The molecule has 6 nitrogen and oxygen atoms in total. The maximum atomic E-state index is 13.4. The van der Waals surface area contributed by atoms with Gasteiger partial charge in [0.1, 0.15) is 11.6 Å². The molecule has 3 aromatic heterocycles. The van der Waals surface area contributed by atoms with E-state index >= 15 is 0 Å². The van der Waals surface area contributed by atoms with Crippen LogP contribution >= 0.6 is 0 Å². The molecule has 0 fully saturated rings. The molecule has 0 radical (unpaired) electrons. The van der Waals surface area contributed by atoms with Gasteiger partial charge in [-0.3, -0.25) is 4.98 Å². The zero-order valence-corrected chi connectivity index (χ0v) is 16.7. The molecule has 0 atom stereocenters. The normalized spacial score (nSPS) is 12.1. The summed E-state index contributed by atoms with van der Waals surface area (Å²) in [5, 5.41) is 3.17. The highest BCUT2D eigenvalue weighted by molar-refractivity contribution is 5.93. The number of methoxy groups -OCH3 is 1. The predicted molar refractivity (Wildman–Crippen MR) is 107 cm³/mol. The van der Waals surface area contributed by atoms with Gasteiger partial charge in [-0.25, -0.2) is 4.98 Å². The van der Waals surface area contributed by atoms with E-state index in [1.165, 1.54) is 37.6 Å². The van der Waals surface area contributed by atoms with Gasteiger partial charge in [0, 0.05) is 23.3 Å². The largest absolute Gasteiger partial charge is 0.467 e. The minimum absolute atomic E-state index is 0.0678. The van der Waals surface area contributed by atoms with Crippen LogP contribution in [0.3, 0.4) is 0 Å². The van der Waals surface area contributed by atoms with E-state index in [1.807, 2.05) is 0 Å². The Morgan fingerprint density at radius 2 is 1.67 bits per heavy atom. The minimum Gasteiger partial charge on any atom is -0.467 e. The summed E-state index contributed by atoms with van der Waals surface area (Å²) in [5.74, 6) is 0.214. The van der Waals surface area contributed by atoms with Crippen molar-refractivity contribution in [1.29, 1.82) is 0 Å². The minimum atomic E-state index is -4.61. The van der Waals surface area contributed by atoms with Crippen LogP contribution in [0.15, 0.2) is 54.9 Å². The molecular weight excluding hydrogens is 452 g/mol. The number of fused-ring (bicyclic) bond motifs is 1. The van der Waals surface area contributed by atoms with Crippen molar-refractivity contribution < 1.29 is 31.1 Å². The highest BCUT2D eigenvalue weighted by Crippen LogP contribution is 2.37. The van der Waals surface area contributed by atoms with Crippen molar-refractivity contribution in [3.05, 3.63) is 66.0 Å². The Morgan fingerprint density at radius 3 is 2.30 bits per heavy atom. The van der Waals surface area contributed by atoms with Gasteiger partial charge in [-0.15, -0.1) is 0 Å². The molecule has 0 amide bonds. The molecule has 0 spiro atoms. The molecule has 0 bridgehead atoms. The summed E-state index contributed by atoms with van der Waals surface area (Å²) in [6, 6.07) is 8.28. The summed E-state index contributed by atoms with van der Waals surface area (Å²) in [6.45, 7) is 0. The van der Waals surface area contributed by atoms with E-state index < -0.39 is 23.5 Å². The van der Waals surface area contributed by atoms with E-state index in [1.54, 1.807) is 0 Å². The van der Waals surface area contributed by atoms with Crippen molar-refractivity contribution >= 4 is 22.5 Å². The van der Waals surface area contributed by atoms with Crippen LogP contribution in [0.4, 0.5) is 38.0 Å². The molecule has 1 N–H and O–H groups in total. The molecule has 170 valence electrons. The quantitative estimate of drug-likeness (QED) is 0.380. The fraction of sp³-hybridized carbons (Fsp3) is 0.143. The van der Waals surface area contributed by atoms with Crippen molar-refractivity contribution in [2.45, 2.75) is 12.4 Å². The van der Waals surface area contributed by atoms with E-state index in [0.717, 1.165) is 18.2 Å². The molecule has 0 aliphatic heterocycles. The van der Waals surface area contributed by atoms with E-state index in [9.17, 15) is 26.3 Å².